The lowest BCUT2D eigenvalue weighted by atomic mass is 10.4. The molecule has 5 nitrogen and oxygen atoms in total. The zero-order valence-corrected chi connectivity index (χ0v) is 10.1. The van der Waals surface area contributed by atoms with Crippen molar-refractivity contribution in [1.29, 1.82) is 0 Å². The summed E-state index contributed by atoms with van der Waals surface area (Å²) in [4.78, 5) is 14.1. The lowest BCUT2D eigenvalue weighted by Crippen LogP contribution is -2.07. The fourth-order valence-electron chi connectivity index (χ4n) is 0.941. The largest absolute Gasteiger partial charge is 0.463 e. The van der Waals surface area contributed by atoms with E-state index in [1.807, 2.05) is 19.0 Å². The number of hydrogen-bond acceptors (Lipinski definition) is 4. The van der Waals surface area contributed by atoms with E-state index < -0.39 is 0 Å². The maximum absolute atomic E-state index is 5.34. The highest BCUT2D eigenvalue weighted by molar-refractivity contribution is 5.59. The molecular formula is C11H18N4O. The molecule has 0 radical (unpaired) electrons. The number of aromatic nitrogens is 2. The highest BCUT2D eigenvalue weighted by Crippen LogP contribution is 2.10. The molecule has 5 heteroatoms. The van der Waals surface area contributed by atoms with Gasteiger partial charge in [0.2, 0.25) is 0 Å². The Labute approximate surface area is 96.2 Å². The van der Waals surface area contributed by atoms with Gasteiger partial charge < -0.3 is 9.64 Å². The fraction of sp³-hybridized carbons (Fsp3) is 0.545. The molecule has 1 heterocycles. The van der Waals surface area contributed by atoms with Gasteiger partial charge in [0.1, 0.15) is 5.69 Å². The third kappa shape index (κ3) is 4.72. The summed E-state index contributed by atoms with van der Waals surface area (Å²) in [6, 6.07) is 0.414. The first-order chi connectivity index (χ1) is 7.72. The third-order valence-electron chi connectivity index (χ3n) is 1.78. The van der Waals surface area contributed by atoms with Gasteiger partial charge >= 0.3 is 6.01 Å². The third-order valence-corrected chi connectivity index (χ3v) is 1.78. The molecule has 16 heavy (non-hydrogen) atoms. The van der Waals surface area contributed by atoms with E-state index in [0.29, 0.717) is 12.6 Å². The Morgan fingerprint density at radius 1 is 1.38 bits per heavy atom. The molecule has 0 atom stereocenters. The Morgan fingerprint density at radius 2 is 2.06 bits per heavy atom. The normalized spacial score (nSPS) is 10.7. The van der Waals surface area contributed by atoms with Gasteiger partial charge in [-0.1, -0.05) is 13.3 Å². The molecule has 0 fully saturated rings. The molecule has 0 amide bonds. The number of unbranched alkanes of at least 4 members (excludes halogenated alkanes) is 1. The number of rotatable bonds is 6. The summed E-state index contributed by atoms with van der Waals surface area (Å²) in [5, 5.41) is 0. The molecule has 0 aliphatic heterocycles. The first-order valence-electron chi connectivity index (χ1n) is 5.38. The molecular weight excluding hydrogens is 204 g/mol. The van der Waals surface area contributed by atoms with Crippen molar-refractivity contribution >= 4 is 12.0 Å². The molecule has 88 valence electrons. The predicted octanol–water partition coefficient (Wildman–Crippen LogP) is 1.88. The summed E-state index contributed by atoms with van der Waals surface area (Å²) in [6.45, 7) is 2.78. The van der Waals surface area contributed by atoms with E-state index in [1.165, 1.54) is 0 Å². The molecule has 0 aliphatic carbocycles. The summed E-state index contributed by atoms with van der Waals surface area (Å²) in [5.41, 5.74) is 0.719. The SMILES string of the molecule is CCCCOc1ncc(N=CN(C)C)cn1. The van der Waals surface area contributed by atoms with E-state index in [9.17, 15) is 0 Å². The molecule has 1 aromatic heterocycles. The van der Waals surface area contributed by atoms with Crippen molar-refractivity contribution in [1.82, 2.24) is 14.9 Å². The van der Waals surface area contributed by atoms with Crippen LogP contribution < -0.4 is 4.74 Å². The maximum atomic E-state index is 5.34. The molecule has 0 aliphatic rings. The average Bonchev–Trinajstić information content (AvgIpc) is 2.28. The molecule has 0 saturated heterocycles. The van der Waals surface area contributed by atoms with Crippen LogP contribution in [0.15, 0.2) is 17.4 Å². The number of nitrogens with zero attached hydrogens (tertiary/aromatic N) is 4. The summed E-state index contributed by atoms with van der Waals surface area (Å²) in [7, 11) is 3.82. The van der Waals surface area contributed by atoms with Crippen molar-refractivity contribution in [2.75, 3.05) is 20.7 Å². The summed E-state index contributed by atoms with van der Waals surface area (Å²) in [6.07, 6.45) is 7.12. The van der Waals surface area contributed by atoms with Crippen LogP contribution in [-0.4, -0.2) is 41.9 Å². The quantitative estimate of drug-likeness (QED) is 0.419. The van der Waals surface area contributed by atoms with Gasteiger partial charge in [0.15, 0.2) is 0 Å². The summed E-state index contributed by atoms with van der Waals surface area (Å²) >= 11 is 0. The fourth-order valence-corrected chi connectivity index (χ4v) is 0.941. The minimum Gasteiger partial charge on any atom is -0.463 e. The number of hydrogen-bond donors (Lipinski definition) is 0. The second kappa shape index (κ2) is 6.76. The standard InChI is InChI=1S/C11H18N4O/c1-4-5-6-16-11-12-7-10(8-13-11)14-9-15(2)3/h7-9H,4-6H2,1-3H3. The van der Waals surface area contributed by atoms with E-state index in [2.05, 4.69) is 21.9 Å². The topological polar surface area (TPSA) is 50.6 Å². The number of ether oxygens (including phenoxy) is 1. The second-order valence-electron chi connectivity index (χ2n) is 3.63. The van der Waals surface area contributed by atoms with E-state index >= 15 is 0 Å². The van der Waals surface area contributed by atoms with Gasteiger partial charge in [0.05, 0.1) is 25.3 Å². The first kappa shape index (κ1) is 12.4. The van der Waals surface area contributed by atoms with Crippen molar-refractivity contribution in [2.24, 2.45) is 4.99 Å². The van der Waals surface area contributed by atoms with Crippen molar-refractivity contribution in [3.8, 4) is 6.01 Å². The molecule has 0 unspecified atom stereocenters. The number of aliphatic imine (C=N–C) groups is 1. The second-order valence-corrected chi connectivity index (χ2v) is 3.63. The van der Waals surface area contributed by atoms with Crippen LogP contribution in [0.25, 0.3) is 0 Å². The monoisotopic (exact) mass is 222 g/mol. The van der Waals surface area contributed by atoms with Gasteiger partial charge in [-0.2, -0.15) is 0 Å². The molecule has 1 rings (SSSR count). The zero-order chi connectivity index (χ0) is 11.8. The van der Waals surface area contributed by atoms with Gasteiger partial charge in [-0.25, -0.2) is 15.0 Å². The van der Waals surface area contributed by atoms with Gasteiger partial charge in [-0.15, -0.1) is 0 Å². The Kier molecular flexibility index (Phi) is 5.25. The summed E-state index contributed by atoms with van der Waals surface area (Å²) < 4.78 is 5.34. The van der Waals surface area contributed by atoms with Crippen molar-refractivity contribution in [3.05, 3.63) is 12.4 Å². The molecule has 0 bridgehead atoms. The highest BCUT2D eigenvalue weighted by atomic mass is 16.5. The van der Waals surface area contributed by atoms with Crippen molar-refractivity contribution in [2.45, 2.75) is 19.8 Å². The van der Waals surface area contributed by atoms with Gasteiger partial charge in [0, 0.05) is 14.1 Å². The Morgan fingerprint density at radius 3 is 2.62 bits per heavy atom. The van der Waals surface area contributed by atoms with E-state index in [1.54, 1.807) is 18.7 Å². The Hall–Kier alpha value is -1.65. The minimum absolute atomic E-state index is 0.414. The van der Waals surface area contributed by atoms with Crippen LogP contribution in [0.2, 0.25) is 0 Å². The zero-order valence-electron chi connectivity index (χ0n) is 10.1. The lowest BCUT2D eigenvalue weighted by molar-refractivity contribution is 0.285. The van der Waals surface area contributed by atoms with E-state index in [4.69, 9.17) is 4.74 Å². The van der Waals surface area contributed by atoms with Crippen LogP contribution in [0.4, 0.5) is 5.69 Å². The van der Waals surface area contributed by atoms with E-state index in [0.717, 1.165) is 18.5 Å². The Bertz CT molecular complexity index is 321. The van der Waals surface area contributed by atoms with Crippen LogP contribution in [0.5, 0.6) is 6.01 Å². The van der Waals surface area contributed by atoms with Crippen LogP contribution in [0.3, 0.4) is 0 Å². The molecule has 0 saturated carbocycles. The van der Waals surface area contributed by atoms with Gasteiger partial charge in [0.25, 0.3) is 0 Å². The molecule has 1 aromatic rings. The van der Waals surface area contributed by atoms with Crippen LogP contribution in [0, 0.1) is 0 Å². The summed E-state index contributed by atoms with van der Waals surface area (Å²) in [5.74, 6) is 0. The predicted molar refractivity (Wildman–Crippen MR) is 64.3 cm³/mol. The smallest absolute Gasteiger partial charge is 0.316 e. The molecule has 0 spiro atoms. The molecule has 0 N–H and O–H groups in total. The Balaban J connectivity index is 2.47. The van der Waals surface area contributed by atoms with E-state index in [-0.39, 0.29) is 0 Å². The van der Waals surface area contributed by atoms with Gasteiger partial charge in [-0.3, -0.25) is 0 Å². The highest BCUT2D eigenvalue weighted by Gasteiger charge is 1.96. The maximum Gasteiger partial charge on any atom is 0.316 e. The van der Waals surface area contributed by atoms with Gasteiger partial charge in [-0.05, 0) is 6.42 Å². The van der Waals surface area contributed by atoms with Crippen molar-refractivity contribution < 1.29 is 4.74 Å². The van der Waals surface area contributed by atoms with Crippen molar-refractivity contribution in [3.63, 3.8) is 0 Å². The first-order valence-corrected chi connectivity index (χ1v) is 5.38. The molecule has 0 aromatic carbocycles. The van der Waals surface area contributed by atoms with Crippen LogP contribution >= 0.6 is 0 Å². The average molecular weight is 222 g/mol. The van der Waals surface area contributed by atoms with Crippen LogP contribution in [0.1, 0.15) is 19.8 Å². The van der Waals surface area contributed by atoms with Crippen LogP contribution in [-0.2, 0) is 0 Å². The minimum atomic E-state index is 0.414. The lowest BCUT2D eigenvalue weighted by Gasteiger charge is -2.03.